The maximum atomic E-state index is 14.4. The van der Waals surface area contributed by atoms with Gasteiger partial charge >= 0.3 is 0 Å². The lowest BCUT2D eigenvalue weighted by Crippen LogP contribution is -2.50. The Morgan fingerprint density at radius 3 is 2.48 bits per heavy atom. The first-order chi connectivity index (χ1) is 21.5. The summed E-state index contributed by atoms with van der Waals surface area (Å²) < 4.78 is 13.2. The molecule has 1 amide bonds. The number of ether oxygens (including phenoxy) is 2. The molecule has 0 unspecified atom stereocenters. The highest BCUT2D eigenvalue weighted by Crippen LogP contribution is 2.44. The van der Waals surface area contributed by atoms with Crippen LogP contribution in [0.5, 0.6) is 5.75 Å². The molecule has 0 spiro atoms. The summed E-state index contributed by atoms with van der Waals surface area (Å²) in [6, 6.07) is 32.1. The Bertz CT molecular complexity index is 1640. The number of nitrogens with zero attached hydrogens (tertiary/aromatic N) is 4. The van der Waals surface area contributed by atoms with Gasteiger partial charge in [0.15, 0.2) is 11.6 Å². The van der Waals surface area contributed by atoms with Gasteiger partial charge in [-0.05, 0) is 65.0 Å². The highest BCUT2D eigenvalue weighted by atomic mass is 79.9. The molecular formula is C34H32BrN5O4. The van der Waals surface area contributed by atoms with Crippen LogP contribution in [0.2, 0.25) is 0 Å². The summed E-state index contributed by atoms with van der Waals surface area (Å²) >= 11 is 3.51. The van der Waals surface area contributed by atoms with E-state index in [4.69, 9.17) is 19.6 Å². The fourth-order valence-corrected chi connectivity index (χ4v) is 5.40. The molecule has 44 heavy (non-hydrogen) atoms. The van der Waals surface area contributed by atoms with Gasteiger partial charge in [-0.1, -0.05) is 87.8 Å². The number of amides is 1. The second kappa shape index (κ2) is 14.7. The second-order valence-corrected chi connectivity index (χ2v) is 11.2. The van der Waals surface area contributed by atoms with Crippen molar-refractivity contribution in [1.29, 1.82) is 0 Å². The van der Waals surface area contributed by atoms with Gasteiger partial charge in [0.05, 0.1) is 6.61 Å². The van der Waals surface area contributed by atoms with E-state index in [2.05, 4.69) is 31.3 Å². The lowest BCUT2D eigenvalue weighted by molar-refractivity contribution is -0.128. The minimum absolute atomic E-state index is 0.0540. The molecule has 0 bridgehead atoms. The third-order valence-corrected chi connectivity index (χ3v) is 7.88. The molecule has 0 fully saturated rings. The van der Waals surface area contributed by atoms with E-state index in [0.717, 1.165) is 15.6 Å². The van der Waals surface area contributed by atoms with Crippen LogP contribution in [0.4, 0.5) is 5.69 Å². The fraction of sp³-hybridized carbons (Fsp3) is 0.235. The summed E-state index contributed by atoms with van der Waals surface area (Å²) in [5, 5.41) is 16.1. The van der Waals surface area contributed by atoms with Crippen LogP contribution in [0.3, 0.4) is 0 Å². The zero-order chi connectivity index (χ0) is 30.8. The van der Waals surface area contributed by atoms with Crippen molar-refractivity contribution in [3.63, 3.8) is 0 Å². The number of aliphatic imine (C=N–C) groups is 1. The van der Waals surface area contributed by atoms with Crippen molar-refractivity contribution in [3.8, 4) is 5.75 Å². The van der Waals surface area contributed by atoms with Crippen molar-refractivity contribution in [2.45, 2.75) is 30.9 Å². The Hall–Kier alpha value is -4.63. The number of hydrogen-bond donors (Lipinski definition) is 2. The quantitative estimate of drug-likeness (QED) is 0.0696. The topological polar surface area (TPSA) is 129 Å². The molecule has 2 N–H and O–H groups in total. The standard InChI is InChI=1S/C34H32BrN5O4/c35-28-15-11-25(12-16-28)31-34(23-27-9-4-5-10-30(27)39-40-36,33(42)37-20-19-24-7-2-1-3-8-24)38-32(44-31)26-13-17-29(18-14-26)43-22-6-21-41/h1-5,7-18,31,41H,6,19-23H2,(H,37,42)/t31-,34-/m1/s1. The lowest BCUT2D eigenvalue weighted by Gasteiger charge is -2.31. The van der Waals surface area contributed by atoms with E-state index in [-0.39, 0.29) is 18.9 Å². The van der Waals surface area contributed by atoms with Crippen molar-refractivity contribution in [2.75, 3.05) is 19.8 Å². The minimum atomic E-state index is -1.42. The van der Waals surface area contributed by atoms with Gasteiger partial charge in [-0.2, -0.15) is 0 Å². The summed E-state index contributed by atoms with van der Waals surface area (Å²) in [5.41, 5.74) is 11.5. The molecule has 0 saturated heterocycles. The normalized spacial score (nSPS) is 17.2. The number of aliphatic hydroxyl groups excluding tert-OH is 1. The minimum Gasteiger partial charge on any atom is -0.494 e. The molecule has 4 aromatic rings. The average molecular weight is 655 g/mol. The van der Waals surface area contributed by atoms with Gasteiger partial charge in [-0.15, -0.1) is 0 Å². The summed E-state index contributed by atoms with van der Waals surface area (Å²) in [7, 11) is 0. The van der Waals surface area contributed by atoms with Gasteiger partial charge in [0, 0.05) is 46.6 Å². The highest BCUT2D eigenvalue weighted by molar-refractivity contribution is 9.10. The predicted octanol–water partition coefficient (Wildman–Crippen LogP) is 7.01. The molecule has 0 aromatic heterocycles. The van der Waals surface area contributed by atoms with Crippen molar-refractivity contribution in [1.82, 2.24) is 5.32 Å². The number of aliphatic hydroxyl groups is 1. The fourth-order valence-electron chi connectivity index (χ4n) is 5.13. The summed E-state index contributed by atoms with van der Waals surface area (Å²) in [6.07, 6.45) is 0.537. The number of benzene rings is 4. The summed E-state index contributed by atoms with van der Waals surface area (Å²) in [6.45, 7) is 0.856. The molecule has 1 heterocycles. The first kappa shape index (κ1) is 30.8. The van der Waals surface area contributed by atoms with Crippen LogP contribution in [0.1, 0.15) is 34.8 Å². The van der Waals surface area contributed by atoms with Crippen molar-refractivity contribution in [3.05, 3.63) is 140 Å². The predicted molar refractivity (Wildman–Crippen MR) is 173 cm³/mol. The van der Waals surface area contributed by atoms with E-state index in [1.807, 2.05) is 91.0 Å². The average Bonchev–Trinajstić information content (AvgIpc) is 3.44. The van der Waals surface area contributed by atoms with E-state index in [0.29, 0.717) is 54.5 Å². The Morgan fingerprint density at radius 1 is 1.02 bits per heavy atom. The van der Waals surface area contributed by atoms with Crippen molar-refractivity contribution < 1.29 is 19.4 Å². The van der Waals surface area contributed by atoms with Crippen LogP contribution < -0.4 is 10.1 Å². The van der Waals surface area contributed by atoms with Crippen LogP contribution in [0, 0.1) is 0 Å². The van der Waals surface area contributed by atoms with E-state index in [9.17, 15) is 10.3 Å². The highest BCUT2D eigenvalue weighted by Gasteiger charge is 2.53. The van der Waals surface area contributed by atoms with Crippen molar-refractivity contribution >= 4 is 33.4 Å². The van der Waals surface area contributed by atoms with E-state index < -0.39 is 11.6 Å². The molecule has 2 atom stereocenters. The maximum Gasteiger partial charge on any atom is 0.252 e. The Balaban J connectivity index is 1.56. The number of nitrogens with one attached hydrogen (secondary N) is 1. The third kappa shape index (κ3) is 7.29. The molecule has 9 nitrogen and oxygen atoms in total. The summed E-state index contributed by atoms with van der Waals surface area (Å²) in [5.74, 6) is 0.675. The molecule has 0 saturated carbocycles. The molecule has 224 valence electrons. The first-order valence-electron chi connectivity index (χ1n) is 14.3. The largest absolute Gasteiger partial charge is 0.494 e. The van der Waals surface area contributed by atoms with Gasteiger partial charge in [0.2, 0.25) is 5.90 Å². The number of carbonyl (C=O) groups is 1. The molecule has 1 aliphatic heterocycles. The van der Waals surface area contributed by atoms with Gasteiger partial charge in [0.1, 0.15) is 5.75 Å². The Labute approximate surface area is 264 Å². The molecule has 0 radical (unpaired) electrons. The number of halogens is 1. The van der Waals surface area contributed by atoms with Gasteiger partial charge < -0.3 is 19.9 Å². The Kier molecular flexibility index (Phi) is 10.3. The Morgan fingerprint density at radius 2 is 1.75 bits per heavy atom. The SMILES string of the molecule is [N-]=[N+]=Nc1ccccc1C[C@@]1(C(=O)NCCc2ccccc2)N=C(c2ccc(OCCCO)cc2)O[C@@H]1c1ccc(Br)cc1. The zero-order valence-corrected chi connectivity index (χ0v) is 25.6. The molecule has 0 aliphatic carbocycles. The van der Waals surface area contributed by atoms with Crippen LogP contribution in [-0.2, 0) is 22.4 Å². The van der Waals surface area contributed by atoms with E-state index in [1.165, 1.54) is 0 Å². The molecule has 1 aliphatic rings. The number of rotatable bonds is 13. The second-order valence-electron chi connectivity index (χ2n) is 10.3. The number of hydrogen-bond acceptors (Lipinski definition) is 6. The van der Waals surface area contributed by atoms with Crippen LogP contribution in [-0.4, -0.2) is 42.2 Å². The lowest BCUT2D eigenvalue weighted by atomic mass is 9.81. The third-order valence-electron chi connectivity index (χ3n) is 7.35. The monoisotopic (exact) mass is 653 g/mol. The number of azide groups is 1. The van der Waals surface area contributed by atoms with Gasteiger partial charge in [-0.25, -0.2) is 4.99 Å². The van der Waals surface area contributed by atoms with Gasteiger partial charge in [0.25, 0.3) is 5.91 Å². The van der Waals surface area contributed by atoms with E-state index in [1.54, 1.807) is 12.1 Å². The summed E-state index contributed by atoms with van der Waals surface area (Å²) in [4.78, 5) is 22.5. The maximum absolute atomic E-state index is 14.4. The van der Waals surface area contributed by atoms with Gasteiger partial charge in [-0.3, -0.25) is 4.79 Å². The first-order valence-corrected chi connectivity index (χ1v) is 15.1. The zero-order valence-electron chi connectivity index (χ0n) is 24.0. The van der Waals surface area contributed by atoms with Crippen molar-refractivity contribution in [2.24, 2.45) is 10.1 Å². The smallest absolute Gasteiger partial charge is 0.252 e. The number of carbonyl (C=O) groups excluding carboxylic acids is 1. The molecule has 4 aromatic carbocycles. The molecule has 10 heteroatoms. The van der Waals surface area contributed by atoms with Crippen LogP contribution in [0.15, 0.2) is 118 Å². The molecular weight excluding hydrogens is 622 g/mol. The van der Waals surface area contributed by atoms with Crippen LogP contribution >= 0.6 is 15.9 Å². The molecule has 5 rings (SSSR count). The van der Waals surface area contributed by atoms with Crippen LogP contribution in [0.25, 0.3) is 10.4 Å². The van der Waals surface area contributed by atoms with E-state index >= 15 is 0 Å².